The molecular formula is C18H25NS. The predicted molar refractivity (Wildman–Crippen MR) is 89.4 cm³/mol. The molecule has 3 unspecified atom stereocenters. The van der Waals surface area contributed by atoms with Gasteiger partial charge in [-0.05, 0) is 47.7 Å². The SMILES string of the molecule is CCC1CCCCC1C(NC)c1csc2ccccc12. The van der Waals surface area contributed by atoms with Crippen LogP contribution in [0.5, 0.6) is 0 Å². The minimum absolute atomic E-state index is 0.524. The molecule has 2 aromatic rings. The zero-order valence-electron chi connectivity index (χ0n) is 12.6. The number of rotatable bonds is 4. The number of nitrogens with one attached hydrogen (secondary N) is 1. The van der Waals surface area contributed by atoms with Crippen LogP contribution in [-0.2, 0) is 0 Å². The van der Waals surface area contributed by atoms with Crippen molar-refractivity contribution in [3.63, 3.8) is 0 Å². The average molecular weight is 287 g/mol. The highest BCUT2D eigenvalue weighted by Crippen LogP contribution is 2.43. The fraction of sp³-hybridized carbons (Fsp3) is 0.556. The summed E-state index contributed by atoms with van der Waals surface area (Å²) in [5, 5.41) is 7.48. The topological polar surface area (TPSA) is 12.0 Å². The Morgan fingerprint density at radius 1 is 1.25 bits per heavy atom. The van der Waals surface area contributed by atoms with Crippen LogP contribution in [0, 0.1) is 11.8 Å². The summed E-state index contributed by atoms with van der Waals surface area (Å²) < 4.78 is 1.42. The van der Waals surface area contributed by atoms with Gasteiger partial charge in [0.05, 0.1) is 0 Å². The second-order valence-corrected chi connectivity index (χ2v) is 6.98. The minimum Gasteiger partial charge on any atom is -0.313 e. The number of hydrogen-bond donors (Lipinski definition) is 1. The number of thiophene rings is 1. The molecule has 3 rings (SSSR count). The molecule has 0 aliphatic heterocycles. The Balaban J connectivity index is 1.96. The van der Waals surface area contributed by atoms with Crippen molar-refractivity contribution in [3.8, 4) is 0 Å². The van der Waals surface area contributed by atoms with Gasteiger partial charge in [0.2, 0.25) is 0 Å². The van der Waals surface area contributed by atoms with Gasteiger partial charge in [0.15, 0.2) is 0 Å². The molecule has 20 heavy (non-hydrogen) atoms. The molecule has 0 spiro atoms. The first-order valence-electron chi connectivity index (χ1n) is 7.98. The van der Waals surface area contributed by atoms with Crippen molar-refractivity contribution in [3.05, 3.63) is 35.2 Å². The van der Waals surface area contributed by atoms with Gasteiger partial charge < -0.3 is 5.32 Å². The Hall–Kier alpha value is -0.860. The van der Waals surface area contributed by atoms with E-state index in [1.54, 1.807) is 0 Å². The van der Waals surface area contributed by atoms with Crippen LogP contribution >= 0.6 is 11.3 Å². The molecule has 1 aliphatic carbocycles. The largest absolute Gasteiger partial charge is 0.313 e. The van der Waals surface area contributed by atoms with Gasteiger partial charge in [-0.3, -0.25) is 0 Å². The van der Waals surface area contributed by atoms with Crippen LogP contribution in [0.3, 0.4) is 0 Å². The second-order valence-electron chi connectivity index (χ2n) is 6.07. The molecule has 0 bridgehead atoms. The van der Waals surface area contributed by atoms with Crippen molar-refractivity contribution < 1.29 is 0 Å². The van der Waals surface area contributed by atoms with E-state index in [1.165, 1.54) is 47.8 Å². The van der Waals surface area contributed by atoms with Crippen molar-refractivity contribution in [1.29, 1.82) is 0 Å². The van der Waals surface area contributed by atoms with Crippen LogP contribution in [0.25, 0.3) is 10.1 Å². The molecule has 1 aromatic carbocycles. The van der Waals surface area contributed by atoms with Gasteiger partial charge in [0.25, 0.3) is 0 Å². The first kappa shape index (κ1) is 14.1. The normalized spacial score (nSPS) is 24.9. The zero-order valence-corrected chi connectivity index (χ0v) is 13.4. The lowest BCUT2D eigenvalue weighted by molar-refractivity contribution is 0.181. The maximum Gasteiger partial charge on any atom is 0.0363 e. The Morgan fingerprint density at radius 3 is 2.85 bits per heavy atom. The third-order valence-electron chi connectivity index (χ3n) is 5.08. The molecule has 0 radical (unpaired) electrons. The van der Waals surface area contributed by atoms with Gasteiger partial charge in [-0.15, -0.1) is 11.3 Å². The molecule has 3 atom stereocenters. The van der Waals surface area contributed by atoms with Crippen LogP contribution in [0.1, 0.15) is 50.6 Å². The van der Waals surface area contributed by atoms with Crippen molar-refractivity contribution in [1.82, 2.24) is 5.32 Å². The lowest BCUT2D eigenvalue weighted by atomic mass is 9.72. The number of benzene rings is 1. The van der Waals surface area contributed by atoms with Crippen LogP contribution in [0.2, 0.25) is 0 Å². The molecule has 1 aliphatic rings. The van der Waals surface area contributed by atoms with E-state index in [4.69, 9.17) is 0 Å². The lowest BCUT2D eigenvalue weighted by Gasteiger charge is -2.37. The van der Waals surface area contributed by atoms with E-state index in [9.17, 15) is 0 Å². The van der Waals surface area contributed by atoms with Gasteiger partial charge in [-0.2, -0.15) is 0 Å². The molecular weight excluding hydrogens is 262 g/mol. The smallest absolute Gasteiger partial charge is 0.0363 e. The predicted octanol–water partition coefficient (Wildman–Crippen LogP) is 5.38. The molecule has 1 nitrogen and oxygen atoms in total. The van der Waals surface area contributed by atoms with E-state index in [-0.39, 0.29) is 0 Å². The highest BCUT2D eigenvalue weighted by atomic mass is 32.1. The van der Waals surface area contributed by atoms with E-state index < -0.39 is 0 Å². The van der Waals surface area contributed by atoms with Crippen molar-refractivity contribution in [2.45, 2.75) is 45.1 Å². The Bertz CT molecular complexity index is 559. The summed E-state index contributed by atoms with van der Waals surface area (Å²) in [5.41, 5.74) is 1.53. The van der Waals surface area contributed by atoms with Crippen molar-refractivity contribution in [2.24, 2.45) is 11.8 Å². The van der Waals surface area contributed by atoms with Gasteiger partial charge in [0, 0.05) is 10.7 Å². The fourth-order valence-corrected chi connectivity index (χ4v) is 5.02. The summed E-state index contributed by atoms with van der Waals surface area (Å²) in [7, 11) is 2.14. The fourth-order valence-electron chi connectivity index (χ4n) is 4.02. The molecule has 0 saturated heterocycles. The van der Waals surface area contributed by atoms with Crippen molar-refractivity contribution in [2.75, 3.05) is 7.05 Å². The molecule has 108 valence electrons. The highest BCUT2D eigenvalue weighted by molar-refractivity contribution is 7.17. The summed E-state index contributed by atoms with van der Waals surface area (Å²) in [6.45, 7) is 2.36. The second kappa shape index (κ2) is 6.28. The number of hydrogen-bond acceptors (Lipinski definition) is 2. The molecule has 1 N–H and O–H groups in total. The van der Waals surface area contributed by atoms with E-state index in [0.29, 0.717) is 6.04 Å². The standard InChI is InChI=1S/C18H25NS/c1-3-13-8-4-5-9-14(13)18(19-2)16-12-20-17-11-7-6-10-15(16)17/h6-7,10-14,18-19H,3-5,8-9H2,1-2H3. The molecule has 1 saturated carbocycles. The summed E-state index contributed by atoms with van der Waals surface area (Å²) in [4.78, 5) is 0. The molecule has 1 aromatic heterocycles. The minimum atomic E-state index is 0.524. The molecule has 2 heteroatoms. The van der Waals surface area contributed by atoms with Gasteiger partial charge >= 0.3 is 0 Å². The van der Waals surface area contributed by atoms with E-state index >= 15 is 0 Å². The first-order valence-corrected chi connectivity index (χ1v) is 8.86. The van der Waals surface area contributed by atoms with Crippen LogP contribution in [-0.4, -0.2) is 7.05 Å². The quantitative estimate of drug-likeness (QED) is 0.796. The average Bonchev–Trinajstić information content (AvgIpc) is 2.93. The van der Waals surface area contributed by atoms with Gasteiger partial charge in [0.1, 0.15) is 0 Å². The Kier molecular flexibility index (Phi) is 4.42. The van der Waals surface area contributed by atoms with E-state index in [2.05, 4.69) is 48.9 Å². The lowest BCUT2D eigenvalue weighted by Crippen LogP contribution is -2.32. The number of fused-ring (bicyclic) bond motifs is 1. The third-order valence-corrected chi connectivity index (χ3v) is 6.06. The first-order chi connectivity index (χ1) is 9.85. The molecule has 0 amide bonds. The Morgan fingerprint density at radius 2 is 2.05 bits per heavy atom. The maximum atomic E-state index is 3.64. The van der Waals surface area contributed by atoms with Crippen molar-refractivity contribution >= 4 is 21.4 Å². The third kappa shape index (κ3) is 2.51. The summed E-state index contributed by atoms with van der Waals surface area (Å²) in [6.07, 6.45) is 6.96. The van der Waals surface area contributed by atoms with Gasteiger partial charge in [-0.25, -0.2) is 0 Å². The monoisotopic (exact) mass is 287 g/mol. The van der Waals surface area contributed by atoms with Gasteiger partial charge in [-0.1, -0.05) is 50.8 Å². The molecule has 1 fully saturated rings. The van der Waals surface area contributed by atoms with Crippen LogP contribution in [0.15, 0.2) is 29.6 Å². The molecule has 1 heterocycles. The van der Waals surface area contributed by atoms with E-state index in [1.807, 2.05) is 11.3 Å². The van der Waals surface area contributed by atoms with Crippen LogP contribution < -0.4 is 5.32 Å². The maximum absolute atomic E-state index is 3.64. The summed E-state index contributed by atoms with van der Waals surface area (Å²) in [5.74, 6) is 1.69. The zero-order chi connectivity index (χ0) is 13.9. The summed E-state index contributed by atoms with van der Waals surface area (Å²) in [6, 6.07) is 9.37. The van der Waals surface area contributed by atoms with E-state index in [0.717, 1.165) is 11.8 Å². The Labute approximate surface area is 126 Å². The summed E-state index contributed by atoms with van der Waals surface area (Å²) >= 11 is 1.89. The highest BCUT2D eigenvalue weighted by Gasteiger charge is 2.31. The van der Waals surface area contributed by atoms with Crippen LogP contribution in [0.4, 0.5) is 0 Å².